The van der Waals surface area contributed by atoms with Gasteiger partial charge in [-0.3, -0.25) is 0 Å². The van der Waals surface area contributed by atoms with Gasteiger partial charge in [-0.05, 0) is 47.2 Å². The van der Waals surface area contributed by atoms with Crippen LogP contribution in [0.3, 0.4) is 0 Å². The molecular weight excluding hydrogens is 635 g/mol. The van der Waals surface area contributed by atoms with Crippen molar-refractivity contribution in [1.29, 1.82) is 5.26 Å². The molecule has 2 atom stereocenters. The van der Waals surface area contributed by atoms with Crippen LogP contribution in [0.2, 0.25) is 0 Å². The summed E-state index contributed by atoms with van der Waals surface area (Å²) in [5.74, 6) is 1.42. The summed E-state index contributed by atoms with van der Waals surface area (Å²) >= 11 is 0. The summed E-state index contributed by atoms with van der Waals surface area (Å²) in [6.45, 7) is 15.0. The molecule has 7 rings (SSSR count). The highest BCUT2D eigenvalue weighted by Crippen LogP contribution is 2.41. The molecule has 2 unspecified atom stereocenters. The first-order valence-corrected chi connectivity index (χ1v) is 17.9. The highest BCUT2D eigenvalue weighted by molar-refractivity contribution is 6.10. The Kier molecular flexibility index (Phi) is 9.17. The van der Waals surface area contributed by atoms with Crippen LogP contribution in [0.5, 0.6) is 0 Å². The van der Waals surface area contributed by atoms with Gasteiger partial charge in [0.1, 0.15) is 0 Å². The van der Waals surface area contributed by atoms with Gasteiger partial charge in [-0.25, -0.2) is 15.0 Å². The molecule has 0 amide bonds. The summed E-state index contributed by atoms with van der Waals surface area (Å²) in [4.78, 5) is 15.5. The number of hydrogen-bond donors (Lipinski definition) is 0. The SMILES string of the molecule is C=CC(C#N)C(C)(/C=C/c1cccc(-n2c3ccccc3c3cc(C(C)(C)C)ccc32)c1-c1nc(-c2ccccc2)nc(-c2ccccc2)n1)CC. The number of benzene rings is 5. The second-order valence-electron chi connectivity index (χ2n) is 14.6. The molecular formula is C47H43N5. The summed E-state index contributed by atoms with van der Waals surface area (Å²) in [6.07, 6.45) is 6.81. The maximum atomic E-state index is 10.1. The zero-order valence-electron chi connectivity index (χ0n) is 30.5. The highest BCUT2D eigenvalue weighted by atomic mass is 15.1. The second kappa shape index (κ2) is 13.9. The van der Waals surface area contributed by atoms with E-state index in [0.717, 1.165) is 45.4 Å². The molecule has 52 heavy (non-hydrogen) atoms. The number of nitriles is 1. The molecule has 0 radical (unpaired) electrons. The number of allylic oxidation sites excluding steroid dienone is 2. The molecule has 0 bridgehead atoms. The van der Waals surface area contributed by atoms with Crippen LogP contribution in [-0.4, -0.2) is 19.5 Å². The average Bonchev–Trinajstić information content (AvgIpc) is 3.51. The molecule has 0 saturated heterocycles. The van der Waals surface area contributed by atoms with Crippen molar-refractivity contribution in [2.24, 2.45) is 11.3 Å². The lowest BCUT2D eigenvalue weighted by molar-refractivity contribution is 0.353. The van der Waals surface area contributed by atoms with Crippen molar-refractivity contribution in [2.75, 3.05) is 0 Å². The third kappa shape index (κ3) is 6.33. The number of para-hydroxylation sites is 1. The standard InChI is InChI=1S/C47H43N5/c1-7-35(31-48)47(6,8-2)29-28-32-22-17-25-41(52-39-24-16-15-23-37(39)38-30-36(46(3,4)5)26-27-40(38)52)42(32)45-50-43(33-18-11-9-12-19-33)49-44(51-45)34-20-13-10-14-21-34/h7,9-30,35H,1,8H2,2-6H3/b29-28+. The quantitative estimate of drug-likeness (QED) is 0.143. The summed E-state index contributed by atoms with van der Waals surface area (Å²) in [5, 5.41) is 12.4. The van der Waals surface area contributed by atoms with E-state index in [9.17, 15) is 5.26 Å². The highest BCUT2D eigenvalue weighted by Gasteiger charge is 2.29. The van der Waals surface area contributed by atoms with Crippen LogP contribution < -0.4 is 0 Å². The first-order chi connectivity index (χ1) is 25.1. The molecule has 0 N–H and O–H groups in total. The fourth-order valence-electron chi connectivity index (χ4n) is 6.94. The summed E-state index contributed by atoms with van der Waals surface area (Å²) in [6, 6.07) is 44.4. The molecule has 0 saturated carbocycles. The normalized spacial score (nSPS) is 13.6. The van der Waals surface area contributed by atoms with Crippen molar-refractivity contribution in [1.82, 2.24) is 19.5 Å². The summed E-state index contributed by atoms with van der Waals surface area (Å²) < 4.78 is 2.35. The molecule has 5 nitrogen and oxygen atoms in total. The number of nitrogens with zero attached hydrogens (tertiary/aromatic N) is 5. The molecule has 0 fully saturated rings. The van der Waals surface area contributed by atoms with Crippen LogP contribution in [0.25, 0.3) is 67.7 Å². The molecule has 0 aliphatic carbocycles. The summed E-state index contributed by atoms with van der Waals surface area (Å²) in [7, 11) is 0. The smallest absolute Gasteiger partial charge is 0.166 e. The van der Waals surface area contributed by atoms with Crippen LogP contribution in [0, 0.1) is 22.7 Å². The van der Waals surface area contributed by atoms with E-state index in [-0.39, 0.29) is 11.3 Å². The van der Waals surface area contributed by atoms with Crippen LogP contribution >= 0.6 is 0 Å². The zero-order valence-corrected chi connectivity index (χ0v) is 30.5. The predicted molar refractivity (Wildman–Crippen MR) is 216 cm³/mol. The lowest BCUT2D eigenvalue weighted by atomic mass is 9.75. The average molecular weight is 678 g/mol. The number of aromatic nitrogens is 4. The Balaban J connectivity index is 1.58. The molecule has 0 aliphatic heterocycles. The van der Waals surface area contributed by atoms with Gasteiger partial charge >= 0.3 is 0 Å². The van der Waals surface area contributed by atoms with Gasteiger partial charge in [0.15, 0.2) is 17.5 Å². The van der Waals surface area contributed by atoms with Crippen molar-refractivity contribution in [3.63, 3.8) is 0 Å². The number of rotatable bonds is 9. The van der Waals surface area contributed by atoms with E-state index in [1.54, 1.807) is 6.08 Å². The first-order valence-electron chi connectivity index (χ1n) is 17.9. The Labute approximate surface area is 306 Å². The van der Waals surface area contributed by atoms with Crippen molar-refractivity contribution in [2.45, 2.75) is 46.5 Å². The number of hydrogen-bond acceptors (Lipinski definition) is 4. The van der Waals surface area contributed by atoms with E-state index in [2.05, 4.69) is 125 Å². The van der Waals surface area contributed by atoms with E-state index in [0.29, 0.717) is 17.5 Å². The molecule has 7 aromatic rings. The molecule has 2 heterocycles. The summed E-state index contributed by atoms with van der Waals surface area (Å²) in [5.41, 5.74) is 7.65. The van der Waals surface area contributed by atoms with Gasteiger partial charge in [0, 0.05) is 27.3 Å². The van der Waals surface area contributed by atoms with E-state index < -0.39 is 5.41 Å². The molecule has 5 heteroatoms. The van der Waals surface area contributed by atoms with Crippen molar-refractivity contribution in [3.05, 3.63) is 151 Å². The molecule has 0 spiro atoms. The largest absolute Gasteiger partial charge is 0.308 e. The fourth-order valence-corrected chi connectivity index (χ4v) is 6.94. The minimum Gasteiger partial charge on any atom is -0.308 e. The fraction of sp³-hybridized carbons (Fsp3) is 0.191. The Morgan fingerprint density at radius 3 is 1.90 bits per heavy atom. The Morgan fingerprint density at radius 2 is 1.31 bits per heavy atom. The monoisotopic (exact) mass is 677 g/mol. The minimum atomic E-state index is -0.427. The molecule has 2 aromatic heterocycles. The Hall–Kier alpha value is -6.12. The lowest BCUT2D eigenvalue weighted by Gasteiger charge is -2.27. The van der Waals surface area contributed by atoms with E-state index in [1.807, 2.05) is 60.7 Å². The van der Waals surface area contributed by atoms with Crippen molar-refractivity contribution >= 4 is 27.9 Å². The van der Waals surface area contributed by atoms with Crippen molar-refractivity contribution < 1.29 is 0 Å². The lowest BCUT2D eigenvalue weighted by Crippen LogP contribution is -2.21. The Bertz CT molecular complexity index is 2420. The maximum Gasteiger partial charge on any atom is 0.166 e. The van der Waals surface area contributed by atoms with Gasteiger partial charge in [0.05, 0.1) is 34.3 Å². The van der Waals surface area contributed by atoms with Crippen LogP contribution in [0.4, 0.5) is 0 Å². The third-order valence-corrected chi connectivity index (χ3v) is 10.3. The van der Waals surface area contributed by atoms with Crippen LogP contribution in [-0.2, 0) is 5.41 Å². The van der Waals surface area contributed by atoms with Gasteiger partial charge in [-0.15, -0.1) is 6.58 Å². The van der Waals surface area contributed by atoms with Crippen LogP contribution in [0.15, 0.2) is 140 Å². The van der Waals surface area contributed by atoms with E-state index >= 15 is 0 Å². The minimum absolute atomic E-state index is 0.00151. The topological polar surface area (TPSA) is 67.4 Å². The second-order valence-corrected chi connectivity index (χ2v) is 14.6. The number of fused-ring (bicyclic) bond motifs is 3. The maximum absolute atomic E-state index is 10.1. The zero-order chi connectivity index (χ0) is 36.5. The van der Waals surface area contributed by atoms with E-state index in [4.69, 9.17) is 15.0 Å². The van der Waals surface area contributed by atoms with Crippen LogP contribution in [0.1, 0.15) is 52.2 Å². The predicted octanol–water partition coefficient (Wildman–Crippen LogP) is 12.0. The Morgan fingerprint density at radius 1 is 0.712 bits per heavy atom. The molecule has 5 aromatic carbocycles. The third-order valence-electron chi connectivity index (χ3n) is 10.3. The van der Waals surface area contributed by atoms with Gasteiger partial charge in [0.2, 0.25) is 0 Å². The van der Waals surface area contributed by atoms with Crippen molar-refractivity contribution in [3.8, 4) is 45.9 Å². The van der Waals surface area contributed by atoms with Gasteiger partial charge in [-0.1, -0.05) is 150 Å². The van der Waals surface area contributed by atoms with Gasteiger partial charge < -0.3 is 4.57 Å². The first kappa shape index (κ1) is 34.3. The van der Waals surface area contributed by atoms with Gasteiger partial charge in [-0.2, -0.15) is 5.26 Å². The van der Waals surface area contributed by atoms with Gasteiger partial charge in [0.25, 0.3) is 0 Å². The molecule has 0 aliphatic rings. The molecule has 256 valence electrons. The van der Waals surface area contributed by atoms with E-state index in [1.165, 1.54) is 16.3 Å².